The number of carbonyl (C=O) groups is 1. The molecule has 24 heavy (non-hydrogen) atoms. The van der Waals surface area contributed by atoms with Crippen LogP contribution in [0, 0.1) is 0 Å². The number of nitrogens with one attached hydrogen (secondary N) is 1. The number of rotatable bonds is 4. The van der Waals surface area contributed by atoms with Gasteiger partial charge in [-0.3, -0.25) is 4.79 Å². The van der Waals surface area contributed by atoms with Gasteiger partial charge in [-0.1, -0.05) is 0 Å². The van der Waals surface area contributed by atoms with Gasteiger partial charge in [-0.15, -0.1) is 0 Å². The van der Waals surface area contributed by atoms with Crippen molar-refractivity contribution in [2.45, 2.75) is 20.4 Å². The lowest BCUT2D eigenvalue weighted by Crippen LogP contribution is -2.43. The van der Waals surface area contributed by atoms with Crippen LogP contribution in [0.3, 0.4) is 0 Å². The summed E-state index contributed by atoms with van der Waals surface area (Å²) < 4.78 is 6.89. The molecule has 1 aliphatic rings. The third-order valence-corrected chi connectivity index (χ3v) is 4.23. The van der Waals surface area contributed by atoms with Crippen molar-refractivity contribution in [3.05, 3.63) is 34.2 Å². The van der Waals surface area contributed by atoms with Crippen molar-refractivity contribution in [3.63, 3.8) is 0 Å². The normalized spacial score (nSPS) is 14.8. The molecule has 3 rings (SSSR count). The predicted octanol–water partition coefficient (Wildman–Crippen LogP) is 1.00. The Hall–Kier alpha value is -2.41. The van der Waals surface area contributed by atoms with Crippen molar-refractivity contribution in [1.82, 2.24) is 14.9 Å². The molecule has 0 spiro atoms. The summed E-state index contributed by atoms with van der Waals surface area (Å²) in [5.41, 5.74) is 0.523. The van der Waals surface area contributed by atoms with Crippen LogP contribution in [-0.4, -0.2) is 48.3 Å². The fraction of sp³-hybridized carbons (Fsp3) is 0.471. The summed E-state index contributed by atoms with van der Waals surface area (Å²) in [4.78, 5) is 31.3. The molecule has 7 heteroatoms. The molecule has 0 aliphatic carbocycles. The predicted molar refractivity (Wildman–Crippen MR) is 92.7 cm³/mol. The number of esters is 1. The summed E-state index contributed by atoms with van der Waals surface area (Å²) in [5.74, 6) is 0.271. The summed E-state index contributed by atoms with van der Waals surface area (Å²) in [6, 6.07) is 1.93. The largest absolute Gasteiger partial charge is 0.462 e. The van der Waals surface area contributed by atoms with E-state index < -0.39 is 5.97 Å². The zero-order valence-electron chi connectivity index (χ0n) is 14.0. The van der Waals surface area contributed by atoms with Gasteiger partial charge < -0.3 is 19.5 Å². The molecule has 1 aliphatic heterocycles. The molecule has 2 aromatic rings. The van der Waals surface area contributed by atoms with Gasteiger partial charge >= 0.3 is 5.97 Å². The number of carbonyl (C=O) groups excluding carboxylic acids is 1. The van der Waals surface area contributed by atoms with Crippen LogP contribution in [0.1, 0.15) is 24.2 Å². The highest BCUT2D eigenvalue weighted by molar-refractivity contribution is 5.94. The van der Waals surface area contributed by atoms with Crippen molar-refractivity contribution >= 4 is 22.7 Å². The highest BCUT2D eigenvalue weighted by Crippen LogP contribution is 2.19. The Morgan fingerprint density at radius 3 is 2.75 bits per heavy atom. The van der Waals surface area contributed by atoms with Gasteiger partial charge in [0, 0.05) is 51.2 Å². The molecule has 7 nitrogen and oxygen atoms in total. The molecule has 0 unspecified atom stereocenters. The Morgan fingerprint density at radius 1 is 1.33 bits per heavy atom. The number of ether oxygens (including phenoxy) is 1. The standard InChI is InChI=1S/C17H22N4O3/c1-3-20-11-13(17(23)24-4-2)16(22)12-10-19-15(9-14(12)20)21-7-5-18-6-8-21/h9-11,18H,3-8H2,1-2H3. The SMILES string of the molecule is CCOC(=O)c1cn(CC)c2cc(N3CCNCC3)ncc2c1=O. The minimum absolute atomic E-state index is 0.0583. The maximum absolute atomic E-state index is 12.6. The molecule has 0 atom stereocenters. The van der Waals surface area contributed by atoms with Crippen LogP contribution < -0.4 is 15.6 Å². The minimum atomic E-state index is -0.585. The lowest BCUT2D eigenvalue weighted by molar-refractivity contribution is 0.0524. The Kier molecular flexibility index (Phi) is 4.80. The van der Waals surface area contributed by atoms with Crippen molar-refractivity contribution in [3.8, 4) is 0 Å². The molecule has 0 amide bonds. The molecule has 0 radical (unpaired) electrons. The molecule has 3 heterocycles. The number of fused-ring (bicyclic) bond motifs is 1. The topological polar surface area (TPSA) is 76.5 Å². The second-order valence-corrected chi connectivity index (χ2v) is 5.68. The molecule has 1 saturated heterocycles. The molecule has 0 saturated carbocycles. The number of anilines is 1. The third kappa shape index (κ3) is 2.99. The number of hydrogen-bond acceptors (Lipinski definition) is 6. The van der Waals surface area contributed by atoms with Gasteiger partial charge in [0.2, 0.25) is 5.43 Å². The second kappa shape index (κ2) is 7.00. The van der Waals surface area contributed by atoms with E-state index in [1.54, 1.807) is 19.3 Å². The lowest BCUT2D eigenvalue weighted by Gasteiger charge is -2.28. The molecular formula is C17H22N4O3. The first-order valence-electron chi connectivity index (χ1n) is 8.31. The van der Waals surface area contributed by atoms with E-state index in [9.17, 15) is 9.59 Å². The highest BCUT2D eigenvalue weighted by Gasteiger charge is 2.18. The van der Waals surface area contributed by atoms with Crippen LogP contribution >= 0.6 is 0 Å². The average Bonchev–Trinajstić information content (AvgIpc) is 2.62. The van der Waals surface area contributed by atoms with E-state index in [2.05, 4.69) is 15.2 Å². The summed E-state index contributed by atoms with van der Waals surface area (Å²) in [6.45, 7) is 8.19. The van der Waals surface area contributed by atoms with Gasteiger partial charge in [-0.2, -0.15) is 0 Å². The Bertz CT molecular complexity index is 809. The number of aromatic nitrogens is 2. The van der Waals surface area contributed by atoms with Gasteiger partial charge in [-0.25, -0.2) is 9.78 Å². The van der Waals surface area contributed by atoms with E-state index in [1.165, 1.54) is 0 Å². The molecule has 0 aromatic carbocycles. The van der Waals surface area contributed by atoms with Gasteiger partial charge in [0.05, 0.1) is 17.5 Å². The monoisotopic (exact) mass is 330 g/mol. The van der Waals surface area contributed by atoms with Crippen LogP contribution in [0.2, 0.25) is 0 Å². The fourth-order valence-electron chi connectivity index (χ4n) is 2.96. The van der Waals surface area contributed by atoms with E-state index >= 15 is 0 Å². The van der Waals surface area contributed by atoms with Crippen LogP contribution in [0.25, 0.3) is 10.9 Å². The van der Waals surface area contributed by atoms with Gasteiger partial charge in [-0.05, 0) is 13.8 Å². The number of hydrogen-bond donors (Lipinski definition) is 1. The quantitative estimate of drug-likeness (QED) is 0.843. The first-order valence-corrected chi connectivity index (χ1v) is 8.31. The first kappa shape index (κ1) is 16.4. The molecule has 128 valence electrons. The maximum Gasteiger partial charge on any atom is 0.343 e. The van der Waals surface area contributed by atoms with E-state index in [1.807, 2.05) is 17.6 Å². The summed E-state index contributed by atoms with van der Waals surface area (Å²) in [5, 5.41) is 3.75. The highest BCUT2D eigenvalue weighted by atomic mass is 16.5. The molecule has 1 fully saturated rings. The smallest absolute Gasteiger partial charge is 0.343 e. The van der Waals surface area contributed by atoms with Gasteiger partial charge in [0.1, 0.15) is 11.4 Å². The summed E-state index contributed by atoms with van der Waals surface area (Å²) in [7, 11) is 0. The molecule has 2 aromatic heterocycles. The zero-order valence-corrected chi connectivity index (χ0v) is 14.0. The number of pyridine rings is 2. The molecular weight excluding hydrogens is 308 g/mol. The molecule has 0 bridgehead atoms. The number of nitrogens with zero attached hydrogens (tertiary/aromatic N) is 3. The van der Waals surface area contributed by atoms with Crippen molar-refractivity contribution < 1.29 is 9.53 Å². The van der Waals surface area contributed by atoms with Gasteiger partial charge in [0.25, 0.3) is 0 Å². The number of aryl methyl sites for hydroxylation is 1. The van der Waals surface area contributed by atoms with E-state index in [0.29, 0.717) is 11.9 Å². The van der Waals surface area contributed by atoms with E-state index in [0.717, 1.165) is 37.5 Å². The zero-order chi connectivity index (χ0) is 17.1. The maximum atomic E-state index is 12.6. The Balaban J connectivity index is 2.11. The van der Waals surface area contributed by atoms with Crippen LogP contribution in [-0.2, 0) is 11.3 Å². The summed E-state index contributed by atoms with van der Waals surface area (Å²) in [6.07, 6.45) is 3.16. The Labute approximate surface area is 140 Å². The molecule has 1 N–H and O–H groups in total. The van der Waals surface area contributed by atoms with Crippen LogP contribution in [0.15, 0.2) is 23.3 Å². The van der Waals surface area contributed by atoms with Gasteiger partial charge in [0.15, 0.2) is 0 Å². The van der Waals surface area contributed by atoms with Crippen LogP contribution in [0.5, 0.6) is 0 Å². The van der Waals surface area contributed by atoms with E-state index in [-0.39, 0.29) is 17.6 Å². The summed E-state index contributed by atoms with van der Waals surface area (Å²) >= 11 is 0. The average molecular weight is 330 g/mol. The third-order valence-electron chi connectivity index (χ3n) is 4.23. The number of piperazine rings is 1. The van der Waals surface area contributed by atoms with Crippen molar-refractivity contribution in [2.75, 3.05) is 37.7 Å². The van der Waals surface area contributed by atoms with Crippen molar-refractivity contribution in [1.29, 1.82) is 0 Å². The lowest BCUT2D eigenvalue weighted by atomic mass is 10.1. The Morgan fingerprint density at radius 2 is 2.08 bits per heavy atom. The fourth-order valence-corrected chi connectivity index (χ4v) is 2.96. The first-order chi connectivity index (χ1) is 11.7. The second-order valence-electron chi connectivity index (χ2n) is 5.68. The minimum Gasteiger partial charge on any atom is -0.462 e. The van der Waals surface area contributed by atoms with Crippen molar-refractivity contribution in [2.24, 2.45) is 0 Å². The van der Waals surface area contributed by atoms with Crippen LogP contribution in [0.4, 0.5) is 5.82 Å². The van der Waals surface area contributed by atoms with E-state index in [4.69, 9.17) is 4.74 Å².